The fraction of sp³-hybridized carbons (Fsp3) is 0.185. The number of furan rings is 1. The summed E-state index contributed by atoms with van der Waals surface area (Å²) < 4.78 is 5.81. The highest BCUT2D eigenvalue weighted by molar-refractivity contribution is 7.80. The number of thiocarbonyl (C=S) groups is 1. The van der Waals surface area contributed by atoms with Crippen LogP contribution in [0.5, 0.6) is 0 Å². The Balaban J connectivity index is 0.000000898. The first-order chi connectivity index (χ1) is 17.9. The molecule has 1 amide bonds. The summed E-state index contributed by atoms with van der Waals surface area (Å²) in [6.45, 7) is 0. The number of rotatable bonds is 7. The first kappa shape index (κ1) is 29.6. The molecule has 1 aliphatic heterocycles. The van der Waals surface area contributed by atoms with E-state index in [2.05, 4.69) is 10.6 Å². The van der Waals surface area contributed by atoms with Gasteiger partial charge in [0.1, 0.15) is 23.5 Å². The van der Waals surface area contributed by atoms with Crippen LogP contribution in [0.4, 0.5) is 0 Å². The third-order valence-electron chi connectivity index (χ3n) is 5.01. The second-order valence-corrected chi connectivity index (χ2v) is 8.41. The van der Waals surface area contributed by atoms with Gasteiger partial charge in [-0.25, -0.2) is 0 Å². The molecule has 3 N–H and O–H groups in total. The second-order valence-electron chi connectivity index (χ2n) is 7.61. The number of nitrogens with zero attached hydrogens (tertiary/aromatic N) is 1. The van der Waals surface area contributed by atoms with Gasteiger partial charge < -0.3 is 25.0 Å². The van der Waals surface area contributed by atoms with E-state index in [9.17, 15) is 14.4 Å². The Hall–Kier alpha value is -3.63. The molecule has 194 valence electrons. The van der Waals surface area contributed by atoms with E-state index in [4.69, 9.17) is 33.3 Å². The van der Waals surface area contributed by atoms with Gasteiger partial charge in [-0.3, -0.25) is 14.5 Å². The number of carbonyl (C=O) groups excluding carboxylic acids is 3. The van der Waals surface area contributed by atoms with Crippen LogP contribution >= 0.6 is 23.8 Å². The normalized spacial score (nSPS) is 14.2. The number of aldehydes is 2. The molecule has 8 nitrogen and oxygen atoms in total. The van der Waals surface area contributed by atoms with Crippen molar-refractivity contribution in [1.82, 2.24) is 15.5 Å². The molecule has 37 heavy (non-hydrogen) atoms. The standard InChI is InChI=1S/C24H17ClN2O4S.C2H7N.CH4O/c25-20-8-6-16(11-17(20)13-28)22-9-7-19(31-22)12-21-23(30)27(24(32)26-21)18(14-29)10-15-4-2-1-3-5-15;1-3-2;1-2/h1-9,11-14,18H,10H2,(H,26,32);3H,1-2H3;2H,1H3/b21-12+;;. The number of aliphatic hydroxyl groups excluding tert-OH is 1. The summed E-state index contributed by atoms with van der Waals surface area (Å²) in [7, 11) is 4.75. The number of aliphatic hydroxyl groups is 1. The summed E-state index contributed by atoms with van der Waals surface area (Å²) in [5.74, 6) is 0.515. The van der Waals surface area contributed by atoms with E-state index in [0.29, 0.717) is 40.4 Å². The minimum atomic E-state index is -0.723. The van der Waals surface area contributed by atoms with E-state index < -0.39 is 11.9 Å². The van der Waals surface area contributed by atoms with Crippen LogP contribution in [0.3, 0.4) is 0 Å². The molecule has 4 rings (SSSR count). The van der Waals surface area contributed by atoms with E-state index in [1.54, 1.807) is 30.3 Å². The molecule has 0 bridgehead atoms. The molecule has 0 spiro atoms. The number of benzene rings is 2. The molecule has 0 radical (unpaired) electrons. The van der Waals surface area contributed by atoms with Crippen molar-refractivity contribution in [3.8, 4) is 11.3 Å². The topological polar surface area (TPSA) is 112 Å². The van der Waals surface area contributed by atoms with Gasteiger partial charge in [0.2, 0.25) is 0 Å². The molecule has 1 aliphatic rings. The van der Waals surface area contributed by atoms with E-state index >= 15 is 0 Å². The summed E-state index contributed by atoms with van der Waals surface area (Å²) >= 11 is 11.3. The van der Waals surface area contributed by atoms with Crippen LogP contribution in [0.1, 0.15) is 21.7 Å². The zero-order chi connectivity index (χ0) is 27.4. The Morgan fingerprint density at radius 3 is 2.41 bits per heavy atom. The molecule has 1 aromatic heterocycles. The van der Waals surface area contributed by atoms with Crippen molar-refractivity contribution in [3.05, 3.63) is 88.3 Å². The van der Waals surface area contributed by atoms with Crippen molar-refractivity contribution >= 4 is 53.5 Å². The van der Waals surface area contributed by atoms with Crippen molar-refractivity contribution < 1.29 is 23.9 Å². The van der Waals surface area contributed by atoms with E-state index in [1.165, 1.54) is 11.0 Å². The third kappa shape index (κ3) is 7.68. The minimum Gasteiger partial charge on any atom is -0.457 e. The molecular weight excluding hydrogens is 514 g/mol. The van der Waals surface area contributed by atoms with Gasteiger partial charge >= 0.3 is 0 Å². The van der Waals surface area contributed by atoms with Crippen LogP contribution < -0.4 is 10.6 Å². The smallest absolute Gasteiger partial charge is 0.277 e. The fourth-order valence-electron chi connectivity index (χ4n) is 3.42. The molecule has 2 heterocycles. The number of halogens is 1. The van der Waals surface area contributed by atoms with Gasteiger partial charge in [0.15, 0.2) is 11.4 Å². The Morgan fingerprint density at radius 1 is 1.11 bits per heavy atom. The van der Waals surface area contributed by atoms with E-state index in [1.807, 2.05) is 44.4 Å². The molecule has 10 heteroatoms. The number of hydrogen-bond donors (Lipinski definition) is 3. The monoisotopic (exact) mass is 541 g/mol. The Bertz CT molecular complexity index is 1260. The average Bonchev–Trinajstić information content (AvgIpc) is 3.49. The maximum Gasteiger partial charge on any atom is 0.277 e. The summed E-state index contributed by atoms with van der Waals surface area (Å²) in [5, 5.41) is 13.1. The van der Waals surface area contributed by atoms with Gasteiger partial charge in [-0.15, -0.1) is 0 Å². The van der Waals surface area contributed by atoms with Gasteiger partial charge in [-0.2, -0.15) is 0 Å². The maximum atomic E-state index is 13.0. The van der Waals surface area contributed by atoms with Crippen LogP contribution in [0, 0.1) is 0 Å². The summed E-state index contributed by atoms with van der Waals surface area (Å²) in [6, 6.07) is 17.1. The van der Waals surface area contributed by atoms with Gasteiger partial charge in [0.05, 0.1) is 11.1 Å². The molecule has 0 aliphatic carbocycles. The number of hydrogen-bond acceptors (Lipinski definition) is 7. The Labute approximate surface area is 225 Å². The van der Waals surface area contributed by atoms with Gasteiger partial charge in [0, 0.05) is 30.7 Å². The second kappa shape index (κ2) is 14.8. The van der Waals surface area contributed by atoms with Crippen molar-refractivity contribution in [3.63, 3.8) is 0 Å². The lowest BCUT2D eigenvalue weighted by Gasteiger charge is -2.21. The molecule has 3 aromatic rings. The fourth-order valence-corrected chi connectivity index (χ4v) is 3.91. The van der Waals surface area contributed by atoms with Crippen LogP contribution in [0.15, 0.2) is 70.8 Å². The first-order valence-corrected chi connectivity index (χ1v) is 11.9. The summed E-state index contributed by atoms with van der Waals surface area (Å²) in [5.41, 5.74) is 2.16. The van der Waals surface area contributed by atoms with Crippen LogP contribution in [-0.4, -0.2) is 60.8 Å². The van der Waals surface area contributed by atoms with E-state index in [0.717, 1.165) is 19.0 Å². The zero-order valence-corrected chi connectivity index (χ0v) is 22.2. The lowest BCUT2D eigenvalue weighted by molar-refractivity contribution is -0.127. The molecule has 1 unspecified atom stereocenters. The lowest BCUT2D eigenvalue weighted by atomic mass is 10.1. The van der Waals surface area contributed by atoms with Gasteiger partial charge in [-0.05, 0) is 62.2 Å². The lowest BCUT2D eigenvalue weighted by Crippen LogP contribution is -2.42. The number of nitrogens with one attached hydrogen (secondary N) is 2. The summed E-state index contributed by atoms with van der Waals surface area (Å²) in [4.78, 5) is 37.1. The van der Waals surface area contributed by atoms with E-state index in [-0.39, 0.29) is 10.8 Å². The van der Waals surface area contributed by atoms with Crippen molar-refractivity contribution in [1.29, 1.82) is 0 Å². The average molecular weight is 542 g/mol. The molecule has 0 saturated carbocycles. The zero-order valence-electron chi connectivity index (χ0n) is 20.6. The maximum absolute atomic E-state index is 13.0. The molecular formula is C27H28ClN3O5S. The first-order valence-electron chi connectivity index (χ1n) is 11.2. The minimum absolute atomic E-state index is 0.161. The highest BCUT2D eigenvalue weighted by atomic mass is 35.5. The SMILES string of the molecule is CNC.CO.O=Cc1cc(-c2ccc(/C=C3/NC(=S)N(C(C=O)Cc4ccccc4)C3=O)o2)ccc1Cl. The molecule has 1 saturated heterocycles. The van der Waals surface area contributed by atoms with Crippen molar-refractivity contribution in [2.75, 3.05) is 21.2 Å². The van der Waals surface area contributed by atoms with Crippen LogP contribution in [0.25, 0.3) is 17.4 Å². The van der Waals surface area contributed by atoms with Gasteiger partial charge in [-0.1, -0.05) is 41.9 Å². The third-order valence-corrected chi connectivity index (χ3v) is 5.65. The predicted octanol–water partition coefficient (Wildman–Crippen LogP) is 3.72. The highest BCUT2D eigenvalue weighted by Crippen LogP contribution is 2.27. The number of amides is 1. The predicted molar refractivity (Wildman–Crippen MR) is 148 cm³/mol. The van der Waals surface area contributed by atoms with Crippen molar-refractivity contribution in [2.45, 2.75) is 12.5 Å². The van der Waals surface area contributed by atoms with Crippen LogP contribution in [0.2, 0.25) is 5.02 Å². The molecule has 1 fully saturated rings. The number of carbonyl (C=O) groups is 3. The summed E-state index contributed by atoms with van der Waals surface area (Å²) in [6.07, 6.45) is 3.27. The quantitative estimate of drug-likeness (QED) is 0.236. The molecule has 2 aromatic carbocycles. The molecule has 1 atom stereocenters. The van der Waals surface area contributed by atoms with Crippen molar-refractivity contribution in [2.24, 2.45) is 0 Å². The van der Waals surface area contributed by atoms with Crippen LogP contribution in [-0.2, 0) is 16.0 Å². The Kier molecular flexibility index (Phi) is 11.9. The van der Waals surface area contributed by atoms with Gasteiger partial charge in [0.25, 0.3) is 5.91 Å². The highest BCUT2D eigenvalue weighted by Gasteiger charge is 2.36. The largest absolute Gasteiger partial charge is 0.457 e. The Morgan fingerprint density at radius 2 is 1.78 bits per heavy atom.